The highest BCUT2D eigenvalue weighted by atomic mass is 19.3. The Hall–Kier alpha value is -3.58. The lowest BCUT2D eigenvalue weighted by Crippen LogP contribution is -2.41. The second-order valence-electron chi connectivity index (χ2n) is 9.38. The van der Waals surface area contributed by atoms with Gasteiger partial charge in [0.25, 0.3) is 5.92 Å². The maximum absolute atomic E-state index is 13.3. The molecule has 188 valence electrons. The van der Waals surface area contributed by atoms with Gasteiger partial charge in [-0.25, -0.2) is 8.78 Å². The number of piperidine rings is 1. The molecule has 0 amide bonds. The standard InChI is InChI=1S/C29H29F2NO4/c1-19-25-18-23(34)7-10-26(25)36-28(27(19)21-3-2-4-22(33)17-21)20-5-8-24(9-6-20)35-16-15-32-13-11-29(30,31)12-14-32/h2-10,17-18,28,33-34H,11-16H2,1H3. The second-order valence-corrected chi connectivity index (χ2v) is 9.38. The van der Waals surface area contributed by atoms with Crippen molar-refractivity contribution in [2.75, 3.05) is 26.2 Å². The van der Waals surface area contributed by atoms with Crippen LogP contribution in [0.25, 0.3) is 11.1 Å². The van der Waals surface area contributed by atoms with E-state index in [-0.39, 0.29) is 24.3 Å². The number of nitrogens with zero attached hydrogens (tertiary/aromatic N) is 1. The number of hydrogen-bond acceptors (Lipinski definition) is 5. The van der Waals surface area contributed by atoms with E-state index < -0.39 is 12.0 Å². The molecule has 2 aliphatic rings. The summed E-state index contributed by atoms with van der Waals surface area (Å²) in [7, 11) is 0. The summed E-state index contributed by atoms with van der Waals surface area (Å²) in [6.45, 7) is 3.79. The number of phenols is 2. The molecule has 7 heteroatoms. The van der Waals surface area contributed by atoms with Crippen molar-refractivity contribution in [3.63, 3.8) is 0 Å². The number of aromatic hydroxyl groups is 2. The van der Waals surface area contributed by atoms with Crippen LogP contribution >= 0.6 is 0 Å². The van der Waals surface area contributed by atoms with E-state index in [1.54, 1.807) is 36.4 Å². The van der Waals surface area contributed by atoms with E-state index >= 15 is 0 Å². The monoisotopic (exact) mass is 493 g/mol. The zero-order chi connectivity index (χ0) is 25.3. The molecule has 0 saturated carbocycles. The molecule has 2 aliphatic heterocycles. The van der Waals surface area contributed by atoms with Crippen LogP contribution in [-0.4, -0.2) is 47.3 Å². The smallest absolute Gasteiger partial charge is 0.250 e. The number of phenolic OH excluding ortho intramolecular Hbond substituents is 2. The zero-order valence-electron chi connectivity index (χ0n) is 20.1. The van der Waals surface area contributed by atoms with Gasteiger partial charge in [0.05, 0.1) is 0 Å². The van der Waals surface area contributed by atoms with Crippen LogP contribution in [0.2, 0.25) is 0 Å². The lowest BCUT2D eigenvalue weighted by atomic mass is 9.86. The van der Waals surface area contributed by atoms with Crippen molar-refractivity contribution in [3.05, 3.63) is 83.4 Å². The normalized spacial score (nSPS) is 19.5. The van der Waals surface area contributed by atoms with Crippen LogP contribution in [0, 0.1) is 0 Å². The molecule has 0 aromatic heterocycles. The number of rotatable bonds is 6. The molecule has 0 bridgehead atoms. The molecule has 36 heavy (non-hydrogen) atoms. The quantitative estimate of drug-likeness (QED) is 0.424. The van der Waals surface area contributed by atoms with Gasteiger partial charge in [0.15, 0.2) is 0 Å². The Morgan fingerprint density at radius 3 is 2.42 bits per heavy atom. The van der Waals surface area contributed by atoms with Crippen LogP contribution in [0.4, 0.5) is 8.78 Å². The van der Waals surface area contributed by atoms with Crippen LogP contribution in [0.3, 0.4) is 0 Å². The predicted octanol–water partition coefficient (Wildman–Crippen LogP) is 6.27. The van der Waals surface area contributed by atoms with E-state index in [4.69, 9.17) is 9.47 Å². The molecule has 2 heterocycles. The first-order valence-corrected chi connectivity index (χ1v) is 12.1. The summed E-state index contributed by atoms with van der Waals surface area (Å²) in [6.07, 6.45) is -0.617. The number of halogens is 2. The van der Waals surface area contributed by atoms with Crippen LogP contribution < -0.4 is 9.47 Å². The zero-order valence-corrected chi connectivity index (χ0v) is 20.1. The molecule has 0 aliphatic carbocycles. The summed E-state index contributed by atoms with van der Waals surface area (Å²) >= 11 is 0. The summed E-state index contributed by atoms with van der Waals surface area (Å²) in [5.74, 6) is -0.854. The van der Waals surface area contributed by atoms with Crippen molar-refractivity contribution < 1.29 is 28.5 Å². The van der Waals surface area contributed by atoms with Crippen molar-refractivity contribution in [3.8, 4) is 23.0 Å². The first kappa shape index (κ1) is 24.1. The van der Waals surface area contributed by atoms with Gasteiger partial charge in [-0.3, -0.25) is 4.90 Å². The number of allylic oxidation sites excluding steroid dienone is 1. The highest BCUT2D eigenvalue weighted by molar-refractivity contribution is 5.95. The van der Waals surface area contributed by atoms with E-state index in [2.05, 4.69) is 0 Å². The van der Waals surface area contributed by atoms with Gasteiger partial charge in [0.1, 0.15) is 35.7 Å². The number of alkyl halides is 2. The second kappa shape index (κ2) is 9.82. The largest absolute Gasteiger partial charge is 0.508 e. The summed E-state index contributed by atoms with van der Waals surface area (Å²) in [6, 6.07) is 19.7. The van der Waals surface area contributed by atoms with E-state index in [1.807, 2.05) is 42.2 Å². The molecule has 1 saturated heterocycles. The Morgan fingerprint density at radius 1 is 0.972 bits per heavy atom. The van der Waals surface area contributed by atoms with E-state index in [1.165, 1.54) is 0 Å². The molecule has 0 spiro atoms. The highest BCUT2D eigenvalue weighted by Gasteiger charge is 2.34. The fraction of sp³-hybridized carbons (Fsp3) is 0.310. The summed E-state index contributed by atoms with van der Waals surface area (Å²) in [4.78, 5) is 2.01. The number of fused-ring (bicyclic) bond motifs is 1. The van der Waals surface area contributed by atoms with Crippen LogP contribution in [0.1, 0.15) is 42.6 Å². The minimum atomic E-state index is -2.54. The average molecular weight is 494 g/mol. The Kier molecular flexibility index (Phi) is 6.58. The van der Waals surface area contributed by atoms with Gasteiger partial charge in [-0.05, 0) is 66.1 Å². The minimum Gasteiger partial charge on any atom is -0.508 e. The SMILES string of the molecule is CC1=C(c2cccc(O)c2)C(c2ccc(OCCN3CCC(F)(F)CC3)cc2)Oc2ccc(O)cc21. The Labute approximate surface area is 209 Å². The molecule has 1 fully saturated rings. The van der Waals surface area contributed by atoms with E-state index in [0.29, 0.717) is 37.7 Å². The lowest BCUT2D eigenvalue weighted by Gasteiger charge is -2.31. The molecule has 3 aromatic rings. The molecule has 3 aromatic carbocycles. The fourth-order valence-electron chi connectivity index (χ4n) is 4.85. The molecule has 1 unspecified atom stereocenters. The van der Waals surface area contributed by atoms with E-state index in [0.717, 1.165) is 27.8 Å². The van der Waals surface area contributed by atoms with Gasteiger partial charge >= 0.3 is 0 Å². The van der Waals surface area contributed by atoms with Crippen molar-refractivity contribution in [2.24, 2.45) is 0 Å². The third kappa shape index (κ3) is 5.16. The molecular formula is C29H29F2NO4. The highest BCUT2D eigenvalue weighted by Crippen LogP contribution is 2.47. The molecule has 1 atom stereocenters. The van der Waals surface area contributed by atoms with Crippen molar-refractivity contribution in [1.82, 2.24) is 4.90 Å². The predicted molar refractivity (Wildman–Crippen MR) is 135 cm³/mol. The van der Waals surface area contributed by atoms with Crippen LogP contribution in [-0.2, 0) is 0 Å². The molecule has 5 rings (SSSR count). The first-order chi connectivity index (χ1) is 17.3. The fourth-order valence-corrected chi connectivity index (χ4v) is 4.85. The molecule has 0 radical (unpaired) electrons. The number of benzene rings is 3. The van der Waals surface area contributed by atoms with Gasteiger partial charge in [-0.15, -0.1) is 0 Å². The van der Waals surface area contributed by atoms with Crippen molar-refractivity contribution in [2.45, 2.75) is 31.8 Å². The van der Waals surface area contributed by atoms with E-state index in [9.17, 15) is 19.0 Å². The summed E-state index contributed by atoms with van der Waals surface area (Å²) < 4.78 is 39.0. The topological polar surface area (TPSA) is 62.2 Å². The number of hydrogen-bond donors (Lipinski definition) is 2. The summed E-state index contributed by atoms with van der Waals surface area (Å²) in [5.41, 5.74) is 4.41. The first-order valence-electron chi connectivity index (χ1n) is 12.1. The lowest BCUT2D eigenvalue weighted by molar-refractivity contribution is -0.0564. The van der Waals surface area contributed by atoms with Gasteiger partial charge in [0, 0.05) is 43.6 Å². The van der Waals surface area contributed by atoms with Gasteiger partial charge < -0.3 is 19.7 Å². The van der Waals surface area contributed by atoms with Crippen LogP contribution in [0.15, 0.2) is 66.7 Å². The number of ether oxygens (including phenoxy) is 2. The number of likely N-dealkylation sites (tertiary alicyclic amines) is 1. The Morgan fingerprint density at radius 2 is 1.69 bits per heavy atom. The maximum atomic E-state index is 13.3. The van der Waals surface area contributed by atoms with Gasteiger partial charge in [-0.2, -0.15) is 0 Å². The maximum Gasteiger partial charge on any atom is 0.250 e. The minimum absolute atomic E-state index is 0.0969. The van der Waals surface area contributed by atoms with Gasteiger partial charge in [0.2, 0.25) is 0 Å². The van der Waals surface area contributed by atoms with Gasteiger partial charge in [-0.1, -0.05) is 24.3 Å². The third-order valence-electron chi connectivity index (χ3n) is 6.88. The third-order valence-corrected chi connectivity index (χ3v) is 6.88. The Balaban J connectivity index is 1.34. The van der Waals surface area contributed by atoms with Crippen molar-refractivity contribution in [1.29, 1.82) is 0 Å². The molecular weight excluding hydrogens is 464 g/mol. The molecule has 5 nitrogen and oxygen atoms in total. The Bertz CT molecular complexity index is 1260. The van der Waals surface area contributed by atoms with Crippen molar-refractivity contribution >= 4 is 11.1 Å². The molecule has 2 N–H and O–H groups in total. The summed E-state index contributed by atoms with van der Waals surface area (Å²) in [5, 5.41) is 20.1. The van der Waals surface area contributed by atoms with Crippen LogP contribution in [0.5, 0.6) is 23.0 Å². The average Bonchev–Trinajstić information content (AvgIpc) is 2.86.